The molecule has 1 aromatic carbocycles. The third kappa shape index (κ3) is 3.55. The van der Waals surface area contributed by atoms with Crippen LogP contribution in [0.3, 0.4) is 0 Å². The number of aliphatic hydroxyl groups is 1. The van der Waals surface area contributed by atoms with E-state index in [9.17, 15) is 9.90 Å². The second-order valence-electron chi connectivity index (χ2n) is 6.23. The lowest BCUT2D eigenvalue weighted by molar-refractivity contribution is -0.00618. The van der Waals surface area contributed by atoms with Crippen LogP contribution in [0.25, 0.3) is 0 Å². The molecule has 3 rings (SSSR count). The molecule has 2 heterocycles. The Kier molecular flexibility index (Phi) is 4.88. The minimum Gasteiger partial charge on any atom is -0.390 e. The topological polar surface area (TPSA) is 53.0 Å². The van der Waals surface area contributed by atoms with Crippen LogP contribution in [0.1, 0.15) is 22.8 Å². The van der Waals surface area contributed by atoms with Gasteiger partial charge in [-0.2, -0.15) is 0 Å². The van der Waals surface area contributed by atoms with Crippen molar-refractivity contribution in [2.75, 3.05) is 39.4 Å². The molecule has 5 nitrogen and oxygen atoms in total. The number of likely N-dealkylation sites (tertiary alicyclic amines) is 1. The lowest BCUT2D eigenvalue weighted by Crippen LogP contribution is -2.48. The van der Waals surface area contributed by atoms with Gasteiger partial charge >= 0.3 is 0 Å². The summed E-state index contributed by atoms with van der Waals surface area (Å²) in [7, 11) is 0. The maximum absolute atomic E-state index is 11.5. The monoisotopic (exact) mass is 304 g/mol. The van der Waals surface area contributed by atoms with Gasteiger partial charge in [0.25, 0.3) is 0 Å². The standard InChI is InChI=1S/C17H24N2O3/c1-13(20)15-4-2-3-14(9-15)10-18-11-16(17(21)12-18)19-5-7-22-8-6-19/h2-4,9,16-17,21H,5-8,10-12H2,1H3/t16-,17-/m0/s1. The maximum Gasteiger partial charge on any atom is 0.159 e. The number of β-amino-alcohol motifs (C(OH)–C–C–N with tert-alkyl or cyclic N) is 1. The number of morpholine rings is 1. The second-order valence-corrected chi connectivity index (χ2v) is 6.23. The fraction of sp³-hybridized carbons (Fsp3) is 0.588. The van der Waals surface area contributed by atoms with Gasteiger partial charge in [-0.05, 0) is 18.6 Å². The second kappa shape index (κ2) is 6.87. The number of ether oxygens (including phenoxy) is 1. The minimum absolute atomic E-state index is 0.0921. The Bertz CT molecular complexity index is 528. The Morgan fingerprint density at radius 3 is 2.82 bits per heavy atom. The number of aliphatic hydroxyl groups excluding tert-OH is 1. The van der Waals surface area contributed by atoms with Gasteiger partial charge in [0.1, 0.15) is 0 Å². The van der Waals surface area contributed by atoms with Crippen LogP contribution in [0.15, 0.2) is 24.3 Å². The van der Waals surface area contributed by atoms with Crippen molar-refractivity contribution in [2.24, 2.45) is 0 Å². The maximum atomic E-state index is 11.5. The molecule has 0 unspecified atom stereocenters. The average molecular weight is 304 g/mol. The molecule has 0 aliphatic carbocycles. The van der Waals surface area contributed by atoms with Gasteiger partial charge in [-0.25, -0.2) is 0 Å². The van der Waals surface area contributed by atoms with Crippen molar-refractivity contribution >= 4 is 5.78 Å². The smallest absolute Gasteiger partial charge is 0.159 e. The number of nitrogens with zero attached hydrogens (tertiary/aromatic N) is 2. The first-order valence-electron chi connectivity index (χ1n) is 7.95. The lowest BCUT2D eigenvalue weighted by atomic mass is 10.1. The number of benzene rings is 1. The fourth-order valence-electron chi connectivity index (χ4n) is 3.39. The molecule has 0 radical (unpaired) electrons. The van der Waals surface area contributed by atoms with Gasteiger partial charge in [0, 0.05) is 44.3 Å². The van der Waals surface area contributed by atoms with Crippen LogP contribution in [0.4, 0.5) is 0 Å². The highest BCUT2D eigenvalue weighted by Crippen LogP contribution is 2.20. The molecular weight excluding hydrogens is 280 g/mol. The quantitative estimate of drug-likeness (QED) is 0.833. The summed E-state index contributed by atoms with van der Waals surface area (Å²) in [5, 5.41) is 10.4. The van der Waals surface area contributed by atoms with Crippen molar-refractivity contribution in [1.82, 2.24) is 9.80 Å². The Balaban J connectivity index is 1.62. The molecule has 22 heavy (non-hydrogen) atoms. The molecule has 0 aromatic heterocycles. The third-order valence-electron chi connectivity index (χ3n) is 4.59. The zero-order valence-electron chi connectivity index (χ0n) is 13.1. The highest BCUT2D eigenvalue weighted by atomic mass is 16.5. The van der Waals surface area contributed by atoms with Gasteiger partial charge < -0.3 is 9.84 Å². The van der Waals surface area contributed by atoms with Crippen LogP contribution in [-0.4, -0.2) is 72.2 Å². The van der Waals surface area contributed by atoms with Crippen molar-refractivity contribution in [3.05, 3.63) is 35.4 Å². The van der Waals surface area contributed by atoms with Gasteiger partial charge in [-0.15, -0.1) is 0 Å². The van der Waals surface area contributed by atoms with Crippen molar-refractivity contribution < 1.29 is 14.6 Å². The predicted molar refractivity (Wildman–Crippen MR) is 83.9 cm³/mol. The summed E-state index contributed by atoms with van der Waals surface area (Å²) in [5.41, 5.74) is 1.88. The summed E-state index contributed by atoms with van der Waals surface area (Å²) in [6.45, 7) is 7.22. The molecule has 2 aliphatic heterocycles. The van der Waals surface area contributed by atoms with Crippen LogP contribution in [0, 0.1) is 0 Å². The molecule has 120 valence electrons. The van der Waals surface area contributed by atoms with Crippen molar-refractivity contribution in [2.45, 2.75) is 25.6 Å². The number of ketones is 1. The van der Waals surface area contributed by atoms with E-state index in [-0.39, 0.29) is 17.9 Å². The molecule has 0 spiro atoms. The lowest BCUT2D eigenvalue weighted by Gasteiger charge is -2.33. The molecule has 1 aromatic rings. The van der Waals surface area contributed by atoms with Gasteiger partial charge in [0.15, 0.2) is 5.78 Å². The van der Waals surface area contributed by atoms with E-state index in [2.05, 4.69) is 9.80 Å². The van der Waals surface area contributed by atoms with E-state index in [0.717, 1.165) is 50.5 Å². The molecular formula is C17H24N2O3. The fourth-order valence-corrected chi connectivity index (χ4v) is 3.39. The largest absolute Gasteiger partial charge is 0.390 e. The van der Waals surface area contributed by atoms with E-state index >= 15 is 0 Å². The zero-order chi connectivity index (χ0) is 15.5. The van der Waals surface area contributed by atoms with Crippen LogP contribution in [0.2, 0.25) is 0 Å². The number of Topliss-reactive ketones (excluding diaryl/α,β-unsaturated/α-hetero) is 1. The summed E-state index contributed by atoms with van der Waals surface area (Å²) >= 11 is 0. The normalized spacial score (nSPS) is 27.2. The number of carbonyl (C=O) groups is 1. The van der Waals surface area contributed by atoms with E-state index in [1.54, 1.807) is 6.92 Å². The Hall–Kier alpha value is -1.27. The van der Waals surface area contributed by atoms with Crippen molar-refractivity contribution in [3.8, 4) is 0 Å². The molecule has 0 saturated carbocycles. The number of hydrogen-bond acceptors (Lipinski definition) is 5. The van der Waals surface area contributed by atoms with Crippen LogP contribution in [0.5, 0.6) is 0 Å². The van der Waals surface area contributed by atoms with E-state index in [4.69, 9.17) is 4.74 Å². The number of rotatable bonds is 4. The first-order chi connectivity index (χ1) is 10.6. The third-order valence-corrected chi connectivity index (χ3v) is 4.59. The molecule has 2 saturated heterocycles. The summed E-state index contributed by atoms with van der Waals surface area (Å²) < 4.78 is 5.38. The summed E-state index contributed by atoms with van der Waals surface area (Å²) in [4.78, 5) is 16.1. The molecule has 2 fully saturated rings. The zero-order valence-corrected chi connectivity index (χ0v) is 13.1. The minimum atomic E-state index is -0.311. The van der Waals surface area contributed by atoms with Crippen LogP contribution in [-0.2, 0) is 11.3 Å². The molecule has 1 N–H and O–H groups in total. The molecule has 0 bridgehead atoms. The molecule has 0 amide bonds. The number of hydrogen-bond donors (Lipinski definition) is 1. The Morgan fingerprint density at radius 2 is 2.09 bits per heavy atom. The van der Waals surface area contributed by atoms with Crippen LogP contribution < -0.4 is 0 Å². The van der Waals surface area contributed by atoms with E-state index in [1.807, 2.05) is 24.3 Å². The van der Waals surface area contributed by atoms with Gasteiger partial charge in [-0.1, -0.05) is 18.2 Å². The van der Waals surface area contributed by atoms with Gasteiger partial charge in [0.05, 0.1) is 19.3 Å². The van der Waals surface area contributed by atoms with Crippen molar-refractivity contribution in [1.29, 1.82) is 0 Å². The van der Waals surface area contributed by atoms with E-state index in [0.29, 0.717) is 6.54 Å². The first kappa shape index (κ1) is 15.6. The average Bonchev–Trinajstić information content (AvgIpc) is 2.89. The van der Waals surface area contributed by atoms with E-state index < -0.39 is 0 Å². The van der Waals surface area contributed by atoms with Crippen LogP contribution >= 0.6 is 0 Å². The first-order valence-corrected chi connectivity index (χ1v) is 7.95. The highest BCUT2D eigenvalue weighted by Gasteiger charge is 2.35. The van der Waals surface area contributed by atoms with Crippen molar-refractivity contribution in [3.63, 3.8) is 0 Å². The molecule has 5 heteroatoms. The van der Waals surface area contributed by atoms with E-state index in [1.165, 1.54) is 0 Å². The van der Waals surface area contributed by atoms with Gasteiger partial charge in [0.2, 0.25) is 0 Å². The Morgan fingerprint density at radius 1 is 1.32 bits per heavy atom. The predicted octanol–water partition coefficient (Wildman–Crippen LogP) is 0.766. The molecule has 2 aliphatic rings. The summed E-state index contributed by atoms with van der Waals surface area (Å²) in [5.74, 6) is 0.0921. The number of carbonyl (C=O) groups excluding carboxylic acids is 1. The van der Waals surface area contributed by atoms with Gasteiger partial charge in [-0.3, -0.25) is 14.6 Å². The Labute approximate surface area is 131 Å². The summed E-state index contributed by atoms with van der Waals surface area (Å²) in [6.07, 6.45) is -0.311. The summed E-state index contributed by atoms with van der Waals surface area (Å²) in [6, 6.07) is 7.97. The molecule has 2 atom stereocenters. The highest BCUT2D eigenvalue weighted by molar-refractivity contribution is 5.94. The SMILES string of the molecule is CC(=O)c1cccc(CN2C[C@H](O)[C@@H](N3CCOCC3)C2)c1.